The van der Waals surface area contributed by atoms with Gasteiger partial charge in [-0.05, 0) is 29.1 Å². The van der Waals surface area contributed by atoms with E-state index in [2.05, 4.69) is 15.6 Å². The molecule has 1 aromatic carbocycles. The van der Waals surface area contributed by atoms with Crippen LogP contribution in [0.5, 0.6) is 5.75 Å². The first-order chi connectivity index (χ1) is 12.5. The second kappa shape index (κ2) is 10.0. The molecule has 0 aliphatic carbocycles. The molecule has 1 amide bonds. The molecule has 0 saturated carbocycles. The highest BCUT2D eigenvalue weighted by molar-refractivity contribution is 7.09. The first-order valence-electron chi connectivity index (χ1n) is 8.06. The highest BCUT2D eigenvalue weighted by Gasteiger charge is 2.07. The lowest BCUT2D eigenvalue weighted by molar-refractivity contribution is -0.127. The van der Waals surface area contributed by atoms with E-state index in [1.165, 1.54) is 9.78 Å². The van der Waals surface area contributed by atoms with Gasteiger partial charge in [-0.2, -0.15) is 0 Å². The van der Waals surface area contributed by atoms with Crippen molar-refractivity contribution in [3.05, 3.63) is 51.2 Å². The Labute approximate surface area is 162 Å². The van der Waals surface area contributed by atoms with E-state index >= 15 is 0 Å². The molecule has 1 aromatic heterocycles. The third-order valence-electron chi connectivity index (χ3n) is 3.55. The normalized spacial score (nSPS) is 11.2. The maximum Gasteiger partial charge on any atom is 0.241 e. The largest absolute Gasteiger partial charge is 0.495 e. The van der Waals surface area contributed by atoms with Crippen molar-refractivity contribution in [3.8, 4) is 5.75 Å². The number of hydrogen-bond acceptors (Lipinski definition) is 4. The smallest absolute Gasteiger partial charge is 0.241 e. The van der Waals surface area contributed by atoms with Crippen LogP contribution in [0.1, 0.15) is 10.4 Å². The quantitative estimate of drug-likeness (QED) is 0.559. The van der Waals surface area contributed by atoms with Crippen LogP contribution >= 0.6 is 22.9 Å². The summed E-state index contributed by atoms with van der Waals surface area (Å²) in [4.78, 5) is 19.1. The van der Waals surface area contributed by atoms with E-state index in [4.69, 9.17) is 16.3 Å². The van der Waals surface area contributed by atoms with E-state index in [1.807, 2.05) is 35.7 Å². The zero-order valence-corrected chi connectivity index (χ0v) is 16.7. The molecule has 0 saturated heterocycles. The highest BCUT2D eigenvalue weighted by Crippen LogP contribution is 2.25. The molecule has 0 unspecified atom stereocenters. The van der Waals surface area contributed by atoms with Gasteiger partial charge in [-0.25, -0.2) is 4.99 Å². The molecule has 2 aromatic rings. The molecule has 8 heteroatoms. The fourth-order valence-corrected chi connectivity index (χ4v) is 2.98. The number of aliphatic imine (C=N–C) groups is 1. The second-order valence-electron chi connectivity index (χ2n) is 5.71. The van der Waals surface area contributed by atoms with E-state index in [0.29, 0.717) is 29.8 Å². The zero-order chi connectivity index (χ0) is 18.9. The molecule has 0 atom stereocenters. The van der Waals surface area contributed by atoms with Crippen LogP contribution in [0, 0.1) is 0 Å². The average molecular weight is 395 g/mol. The Morgan fingerprint density at radius 3 is 2.73 bits per heavy atom. The maximum atomic E-state index is 11.8. The summed E-state index contributed by atoms with van der Waals surface area (Å²) in [5, 5.41) is 8.88. The Morgan fingerprint density at radius 2 is 2.12 bits per heavy atom. The first kappa shape index (κ1) is 20.1. The topological polar surface area (TPSA) is 66.0 Å². The van der Waals surface area contributed by atoms with E-state index in [-0.39, 0.29) is 12.5 Å². The molecule has 0 radical (unpaired) electrons. The van der Waals surface area contributed by atoms with Crippen molar-refractivity contribution < 1.29 is 9.53 Å². The average Bonchev–Trinajstić information content (AvgIpc) is 3.14. The summed E-state index contributed by atoms with van der Waals surface area (Å²) >= 11 is 7.82. The summed E-state index contributed by atoms with van der Waals surface area (Å²) < 4.78 is 5.16. The van der Waals surface area contributed by atoms with Gasteiger partial charge in [0.15, 0.2) is 5.96 Å². The number of nitrogens with one attached hydrogen (secondary N) is 2. The van der Waals surface area contributed by atoms with Gasteiger partial charge in [0.2, 0.25) is 5.91 Å². The lowest BCUT2D eigenvalue weighted by Crippen LogP contribution is -2.42. The number of thiophene rings is 1. The predicted octanol–water partition coefficient (Wildman–Crippen LogP) is 2.73. The van der Waals surface area contributed by atoms with E-state index in [1.54, 1.807) is 32.5 Å². The second-order valence-corrected chi connectivity index (χ2v) is 7.15. The number of guanidine groups is 1. The zero-order valence-electron chi connectivity index (χ0n) is 15.1. The van der Waals surface area contributed by atoms with Crippen molar-refractivity contribution in [1.82, 2.24) is 15.5 Å². The van der Waals surface area contributed by atoms with E-state index in [9.17, 15) is 4.79 Å². The molecule has 0 aliphatic rings. The van der Waals surface area contributed by atoms with Crippen LogP contribution in [0.15, 0.2) is 40.7 Å². The molecule has 0 spiro atoms. The van der Waals surface area contributed by atoms with Gasteiger partial charge in [0, 0.05) is 19.0 Å². The third-order valence-corrected chi connectivity index (χ3v) is 4.72. The third kappa shape index (κ3) is 6.24. The van der Waals surface area contributed by atoms with E-state index < -0.39 is 0 Å². The number of likely N-dealkylation sites (N-methyl/N-ethyl adjacent to an activating group) is 1. The SMILES string of the molecule is COc1ccc(CN=C(NCC(=O)N(C)C)NCc2cccs2)cc1Cl. The lowest BCUT2D eigenvalue weighted by Gasteiger charge is -2.15. The minimum atomic E-state index is -0.0249. The van der Waals surface area contributed by atoms with Crippen LogP contribution in [0.2, 0.25) is 5.02 Å². The Balaban J connectivity index is 2.03. The number of halogens is 1. The number of benzene rings is 1. The van der Waals surface area contributed by atoms with Crippen LogP contribution in [-0.4, -0.2) is 44.5 Å². The maximum absolute atomic E-state index is 11.8. The van der Waals surface area contributed by atoms with Crippen molar-refractivity contribution in [2.24, 2.45) is 4.99 Å². The van der Waals surface area contributed by atoms with Gasteiger partial charge in [0.25, 0.3) is 0 Å². The Bertz CT molecular complexity index is 748. The summed E-state index contributed by atoms with van der Waals surface area (Å²) in [5.74, 6) is 1.17. The molecule has 140 valence electrons. The lowest BCUT2D eigenvalue weighted by atomic mass is 10.2. The minimum absolute atomic E-state index is 0.0249. The number of ether oxygens (including phenoxy) is 1. The molecule has 0 bridgehead atoms. The van der Waals surface area contributed by atoms with Crippen LogP contribution in [-0.2, 0) is 17.9 Å². The number of carbonyl (C=O) groups is 1. The number of rotatable bonds is 7. The molecule has 2 N–H and O–H groups in total. The summed E-state index contributed by atoms with van der Waals surface area (Å²) in [7, 11) is 5.02. The molecule has 26 heavy (non-hydrogen) atoms. The van der Waals surface area contributed by atoms with Crippen molar-refractivity contribution in [3.63, 3.8) is 0 Å². The van der Waals surface area contributed by atoms with Crippen LogP contribution < -0.4 is 15.4 Å². The van der Waals surface area contributed by atoms with Gasteiger partial charge in [0.1, 0.15) is 5.75 Å². The molecule has 2 rings (SSSR count). The Morgan fingerprint density at radius 1 is 1.31 bits per heavy atom. The summed E-state index contributed by atoms with van der Waals surface area (Å²) in [5.41, 5.74) is 0.951. The van der Waals surface area contributed by atoms with Crippen LogP contribution in [0.3, 0.4) is 0 Å². The summed E-state index contributed by atoms with van der Waals surface area (Å²) in [6, 6.07) is 9.60. The van der Waals surface area contributed by atoms with Gasteiger partial charge in [-0.1, -0.05) is 23.7 Å². The summed E-state index contributed by atoms with van der Waals surface area (Å²) in [6.07, 6.45) is 0. The van der Waals surface area contributed by atoms with Gasteiger partial charge < -0.3 is 20.3 Å². The van der Waals surface area contributed by atoms with Crippen LogP contribution in [0.25, 0.3) is 0 Å². The Kier molecular flexibility index (Phi) is 7.74. The molecule has 0 fully saturated rings. The number of hydrogen-bond donors (Lipinski definition) is 2. The van der Waals surface area contributed by atoms with Gasteiger partial charge >= 0.3 is 0 Å². The first-order valence-corrected chi connectivity index (χ1v) is 9.32. The predicted molar refractivity (Wildman–Crippen MR) is 107 cm³/mol. The van der Waals surface area contributed by atoms with Gasteiger partial charge in [-0.3, -0.25) is 4.79 Å². The molecular weight excluding hydrogens is 372 g/mol. The number of carbonyl (C=O) groups excluding carboxylic acids is 1. The fraction of sp³-hybridized carbons (Fsp3) is 0.333. The Hall–Kier alpha value is -2.25. The standard InChI is InChI=1S/C18H23ClN4O2S/c1-23(2)17(24)12-22-18(21-11-14-5-4-8-26-14)20-10-13-6-7-16(25-3)15(19)9-13/h4-9H,10-12H2,1-3H3,(H2,20,21,22). The molecule has 0 aliphatic heterocycles. The van der Waals surface area contributed by atoms with Gasteiger partial charge in [-0.15, -0.1) is 11.3 Å². The van der Waals surface area contributed by atoms with Crippen molar-refractivity contribution >= 4 is 34.8 Å². The van der Waals surface area contributed by atoms with Crippen molar-refractivity contribution in [1.29, 1.82) is 0 Å². The fourth-order valence-electron chi connectivity index (χ4n) is 2.05. The van der Waals surface area contributed by atoms with Gasteiger partial charge in [0.05, 0.1) is 31.8 Å². The van der Waals surface area contributed by atoms with Crippen LogP contribution in [0.4, 0.5) is 0 Å². The number of amides is 1. The summed E-state index contributed by atoms with van der Waals surface area (Å²) in [6.45, 7) is 1.25. The molecule has 6 nitrogen and oxygen atoms in total. The highest BCUT2D eigenvalue weighted by atomic mass is 35.5. The molecular formula is C18H23ClN4O2S. The van der Waals surface area contributed by atoms with Crippen molar-refractivity contribution in [2.75, 3.05) is 27.7 Å². The molecule has 1 heterocycles. The monoisotopic (exact) mass is 394 g/mol. The number of methoxy groups -OCH3 is 1. The number of nitrogens with zero attached hydrogens (tertiary/aromatic N) is 2. The van der Waals surface area contributed by atoms with Crippen molar-refractivity contribution in [2.45, 2.75) is 13.1 Å². The minimum Gasteiger partial charge on any atom is -0.495 e. The van der Waals surface area contributed by atoms with E-state index in [0.717, 1.165) is 5.56 Å².